The molecule has 4 rings (SSSR count). The summed E-state index contributed by atoms with van der Waals surface area (Å²) < 4.78 is 41.8. The number of benzene rings is 2. The van der Waals surface area contributed by atoms with Crippen LogP contribution in [0.1, 0.15) is 25.3 Å². The number of hydrazine groups is 1. The SMILES string of the molecule is CC(=O)N1c2ccc(C3CNN(CCS(C)(=O)=O)C3)cc2N(C(=O)Oc2ccc(F)cc2)C[C@@H]1C. The van der Waals surface area contributed by atoms with Gasteiger partial charge in [0.05, 0.1) is 23.2 Å². The summed E-state index contributed by atoms with van der Waals surface area (Å²) in [7, 11) is -3.07. The van der Waals surface area contributed by atoms with E-state index >= 15 is 0 Å². The third-order valence-electron chi connectivity index (χ3n) is 6.22. The van der Waals surface area contributed by atoms with E-state index in [1.807, 2.05) is 30.1 Å². The molecule has 2 heterocycles. The van der Waals surface area contributed by atoms with Crippen LogP contribution in [0.25, 0.3) is 0 Å². The van der Waals surface area contributed by atoms with Crippen LogP contribution in [0, 0.1) is 5.82 Å². The lowest BCUT2D eigenvalue weighted by Crippen LogP contribution is -2.52. The van der Waals surface area contributed by atoms with E-state index in [-0.39, 0.29) is 35.9 Å². The summed E-state index contributed by atoms with van der Waals surface area (Å²) in [4.78, 5) is 28.7. The average Bonchev–Trinajstić information content (AvgIpc) is 3.27. The van der Waals surface area contributed by atoms with Crippen molar-refractivity contribution in [3.8, 4) is 5.75 Å². The lowest BCUT2D eigenvalue weighted by Gasteiger charge is -2.40. The Morgan fingerprint density at radius 1 is 1.11 bits per heavy atom. The molecular weight excluding hydrogens is 475 g/mol. The zero-order chi connectivity index (χ0) is 25.3. The van der Waals surface area contributed by atoms with E-state index < -0.39 is 21.7 Å². The zero-order valence-corrected chi connectivity index (χ0v) is 20.7. The third kappa shape index (κ3) is 5.80. The van der Waals surface area contributed by atoms with E-state index in [4.69, 9.17) is 4.74 Å². The molecule has 35 heavy (non-hydrogen) atoms. The molecule has 9 nitrogen and oxygen atoms in total. The predicted molar refractivity (Wildman–Crippen MR) is 131 cm³/mol. The van der Waals surface area contributed by atoms with Crippen LogP contribution in [-0.4, -0.2) is 69.7 Å². The number of nitrogens with zero attached hydrogens (tertiary/aromatic N) is 3. The average molecular weight is 505 g/mol. The molecule has 2 aromatic carbocycles. The van der Waals surface area contributed by atoms with Crippen molar-refractivity contribution < 1.29 is 27.1 Å². The zero-order valence-electron chi connectivity index (χ0n) is 19.9. The molecule has 1 fully saturated rings. The van der Waals surface area contributed by atoms with Gasteiger partial charge in [-0.15, -0.1) is 0 Å². The third-order valence-corrected chi connectivity index (χ3v) is 7.15. The summed E-state index contributed by atoms with van der Waals surface area (Å²) in [6, 6.07) is 10.6. The Kier molecular flexibility index (Phi) is 7.11. The van der Waals surface area contributed by atoms with Gasteiger partial charge in [-0.05, 0) is 48.9 Å². The molecule has 0 aromatic heterocycles. The first-order chi connectivity index (χ1) is 16.5. The first-order valence-corrected chi connectivity index (χ1v) is 13.4. The summed E-state index contributed by atoms with van der Waals surface area (Å²) in [6.45, 7) is 5.19. The molecular formula is C24H29FN4O5S. The van der Waals surface area contributed by atoms with E-state index in [0.717, 1.165) is 5.56 Å². The molecule has 2 aliphatic rings. The normalized spacial score (nSPS) is 20.6. The minimum Gasteiger partial charge on any atom is -0.410 e. The summed E-state index contributed by atoms with van der Waals surface area (Å²) in [5.41, 5.74) is 5.35. The molecule has 2 aliphatic heterocycles. The van der Waals surface area contributed by atoms with Gasteiger partial charge in [-0.25, -0.2) is 22.6 Å². The molecule has 0 aliphatic carbocycles. The number of carbonyl (C=O) groups excluding carboxylic acids is 2. The number of fused-ring (bicyclic) bond motifs is 1. The summed E-state index contributed by atoms with van der Waals surface area (Å²) in [5, 5.41) is 1.88. The lowest BCUT2D eigenvalue weighted by molar-refractivity contribution is -0.117. The molecule has 0 spiro atoms. The number of nitrogens with one attached hydrogen (secondary N) is 1. The molecule has 2 aromatic rings. The van der Waals surface area contributed by atoms with Crippen molar-refractivity contribution in [1.82, 2.24) is 10.4 Å². The largest absolute Gasteiger partial charge is 0.419 e. The Labute approximate surface area is 204 Å². The van der Waals surface area contributed by atoms with Crippen LogP contribution in [0.4, 0.5) is 20.6 Å². The maximum atomic E-state index is 13.2. The minimum atomic E-state index is -3.07. The maximum absolute atomic E-state index is 13.2. The summed E-state index contributed by atoms with van der Waals surface area (Å²) in [6.07, 6.45) is 0.593. The van der Waals surface area contributed by atoms with Gasteiger partial charge in [-0.3, -0.25) is 15.1 Å². The summed E-state index contributed by atoms with van der Waals surface area (Å²) >= 11 is 0. The molecule has 1 N–H and O–H groups in total. The number of hydrogen-bond acceptors (Lipinski definition) is 7. The van der Waals surface area contributed by atoms with E-state index in [2.05, 4.69) is 5.43 Å². The second-order valence-corrected chi connectivity index (χ2v) is 11.3. The van der Waals surface area contributed by atoms with E-state index in [1.165, 1.54) is 42.3 Å². The van der Waals surface area contributed by atoms with E-state index in [0.29, 0.717) is 31.0 Å². The van der Waals surface area contributed by atoms with E-state index in [9.17, 15) is 22.4 Å². The van der Waals surface area contributed by atoms with Crippen LogP contribution in [0.15, 0.2) is 42.5 Å². The van der Waals surface area contributed by atoms with Gasteiger partial charge in [0.1, 0.15) is 21.4 Å². The van der Waals surface area contributed by atoms with Gasteiger partial charge in [0.2, 0.25) is 5.91 Å². The summed E-state index contributed by atoms with van der Waals surface area (Å²) in [5.74, 6) is -0.213. The van der Waals surface area contributed by atoms with Crippen LogP contribution in [-0.2, 0) is 14.6 Å². The van der Waals surface area contributed by atoms with Crippen molar-refractivity contribution in [3.63, 3.8) is 0 Å². The quantitative estimate of drug-likeness (QED) is 0.668. The van der Waals surface area contributed by atoms with Crippen molar-refractivity contribution in [2.75, 3.05) is 48.0 Å². The topological polar surface area (TPSA) is 99.3 Å². The number of sulfone groups is 1. The Morgan fingerprint density at radius 2 is 1.83 bits per heavy atom. The highest BCUT2D eigenvalue weighted by molar-refractivity contribution is 7.90. The molecule has 0 saturated carbocycles. The fourth-order valence-corrected chi connectivity index (χ4v) is 5.06. The van der Waals surface area contributed by atoms with Crippen LogP contribution < -0.4 is 20.0 Å². The monoisotopic (exact) mass is 504 g/mol. The number of ether oxygens (including phenoxy) is 1. The maximum Gasteiger partial charge on any atom is 0.419 e. The standard InChI is InChI=1S/C24H29FN4O5S/c1-16-14-28(24(31)34-21-7-5-20(25)6-8-21)23-12-18(4-9-22(23)29(16)17(2)30)19-13-26-27(15-19)10-11-35(3,32)33/h4-9,12,16,19,26H,10-11,13-15H2,1-3H3/t16-,19?/m0/s1. The molecule has 2 amide bonds. The molecule has 11 heteroatoms. The first-order valence-electron chi connectivity index (χ1n) is 11.4. The van der Waals surface area contributed by atoms with Gasteiger partial charge < -0.3 is 9.64 Å². The second kappa shape index (κ2) is 9.92. The predicted octanol–water partition coefficient (Wildman–Crippen LogP) is 2.53. The van der Waals surface area contributed by atoms with Crippen LogP contribution in [0.2, 0.25) is 0 Å². The van der Waals surface area contributed by atoms with Gasteiger partial charge in [-0.1, -0.05) is 6.07 Å². The van der Waals surface area contributed by atoms with Crippen molar-refractivity contribution in [2.24, 2.45) is 0 Å². The van der Waals surface area contributed by atoms with Crippen LogP contribution in [0.5, 0.6) is 5.75 Å². The fourth-order valence-electron chi connectivity index (χ4n) is 4.51. The molecule has 2 atom stereocenters. The highest BCUT2D eigenvalue weighted by atomic mass is 32.2. The molecule has 1 saturated heterocycles. The highest BCUT2D eigenvalue weighted by Crippen LogP contribution is 2.39. The Morgan fingerprint density at radius 3 is 2.49 bits per heavy atom. The number of halogens is 1. The van der Waals surface area contributed by atoms with Gasteiger partial charge in [0.15, 0.2) is 0 Å². The Hall–Kier alpha value is -3.02. The van der Waals surface area contributed by atoms with Crippen molar-refractivity contribution in [1.29, 1.82) is 0 Å². The molecule has 1 unspecified atom stereocenters. The van der Waals surface area contributed by atoms with Gasteiger partial charge in [0.25, 0.3) is 0 Å². The molecule has 0 bridgehead atoms. The lowest BCUT2D eigenvalue weighted by atomic mass is 9.97. The number of rotatable bonds is 5. The minimum absolute atomic E-state index is 0.0609. The van der Waals surface area contributed by atoms with Gasteiger partial charge >= 0.3 is 6.09 Å². The number of carbonyl (C=O) groups is 2. The van der Waals surface area contributed by atoms with Crippen molar-refractivity contribution >= 4 is 33.2 Å². The molecule has 188 valence electrons. The van der Waals surface area contributed by atoms with Crippen LogP contribution in [0.3, 0.4) is 0 Å². The first kappa shape index (κ1) is 25.1. The highest BCUT2D eigenvalue weighted by Gasteiger charge is 2.35. The number of hydrogen-bond donors (Lipinski definition) is 1. The van der Waals surface area contributed by atoms with Crippen LogP contribution >= 0.6 is 0 Å². The number of amides is 2. The Bertz CT molecular complexity index is 1220. The van der Waals surface area contributed by atoms with Crippen molar-refractivity contribution in [3.05, 3.63) is 53.8 Å². The number of anilines is 2. The van der Waals surface area contributed by atoms with Crippen molar-refractivity contribution in [2.45, 2.75) is 25.8 Å². The van der Waals surface area contributed by atoms with E-state index in [1.54, 1.807) is 4.90 Å². The Balaban J connectivity index is 1.60. The smallest absolute Gasteiger partial charge is 0.410 e. The molecule has 0 radical (unpaired) electrons. The second-order valence-electron chi connectivity index (χ2n) is 9.05. The van der Waals surface area contributed by atoms with Gasteiger partial charge in [0, 0.05) is 45.3 Å². The fraction of sp³-hybridized carbons (Fsp3) is 0.417. The van der Waals surface area contributed by atoms with Gasteiger partial charge in [-0.2, -0.15) is 0 Å².